The van der Waals surface area contributed by atoms with Gasteiger partial charge in [-0.15, -0.1) is 0 Å². The Morgan fingerprint density at radius 3 is 2.00 bits per heavy atom. The average Bonchev–Trinajstić information content (AvgIpc) is 2.69. The van der Waals surface area contributed by atoms with Crippen molar-refractivity contribution in [3.63, 3.8) is 0 Å². The molecule has 1 aliphatic rings. The minimum atomic E-state index is -2.07. The first-order chi connectivity index (χ1) is 11.9. The van der Waals surface area contributed by atoms with Gasteiger partial charge in [-0.25, -0.2) is 0 Å². The van der Waals surface area contributed by atoms with Crippen LogP contribution in [-0.2, 0) is 9.59 Å². The van der Waals surface area contributed by atoms with Crippen LogP contribution >= 0.6 is 0 Å². The number of ketones is 2. The molecule has 0 aromatic rings. The number of hydrogen-bond acceptors (Lipinski definition) is 5. The predicted octanol–water partition coefficient (Wildman–Crippen LogP) is 3.58. The summed E-state index contributed by atoms with van der Waals surface area (Å²) in [5, 5.41) is 32.5. The molecule has 0 amide bonds. The molecule has 150 valence electrons. The number of carbonyl (C=O) groups excluding carboxylic acids is 2. The van der Waals surface area contributed by atoms with Crippen molar-refractivity contribution in [2.45, 2.75) is 85.4 Å². The zero-order chi connectivity index (χ0) is 20.2. The van der Waals surface area contributed by atoms with E-state index in [2.05, 4.69) is 0 Å². The number of allylic oxidation sites excluding steroid dienone is 1. The lowest BCUT2D eigenvalue weighted by molar-refractivity contribution is -0.137. The summed E-state index contributed by atoms with van der Waals surface area (Å²) in [5.41, 5.74) is -2.37. The largest absolute Gasteiger partial charge is 0.508 e. The first-order valence-electron chi connectivity index (χ1n) is 9.84. The number of aliphatic hydroxyl groups is 3. The van der Waals surface area contributed by atoms with Crippen molar-refractivity contribution in [2.75, 3.05) is 0 Å². The fourth-order valence-corrected chi connectivity index (χ4v) is 3.55. The Morgan fingerprint density at radius 1 is 1.00 bits per heavy atom. The molecule has 0 radical (unpaired) electrons. The van der Waals surface area contributed by atoms with Crippen molar-refractivity contribution in [3.8, 4) is 0 Å². The van der Waals surface area contributed by atoms with Crippen LogP contribution in [0, 0.1) is 23.7 Å². The Labute approximate surface area is 157 Å². The molecule has 5 heteroatoms. The Kier molecular flexibility index (Phi) is 8.03. The molecular weight excluding hydrogens is 332 g/mol. The number of hydrogen-bond donors (Lipinski definition) is 3. The fourth-order valence-electron chi connectivity index (χ4n) is 3.55. The van der Waals surface area contributed by atoms with Gasteiger partial charge in [-0.05, 0) is 37.0 Å². The topological polar surface area (TPSA) is 94.8 Å². The first-order valence-corrected chi connectivity index (χ1v) is 9.84. The van der Waals surface area contributed by atoms with Crippen molar-refractivity contribution in [1.82, 2.24) is 0 Å². The second-order valence-corrected chi connectivity index (χ2v) is 8.95. The van der Waals surface area contributed by atoms with E-state index in [1.807, 2.05) is 41.5 Å². The highest BCUT2D eigenvalue weighted by atomic mass is 16.4. The molecule has 0 aromatic heterocycles. The van der Waals surface area contributed by atoms with Crippen LogP contribution in [0.5, 0.6) is 0 Å². The van der Waals surface area contributed by atoms with Gasteiger partial charge in [0, 0.05) is 6.42 Å². The monoisotopic (exact) mass is 368 g/mol. The minimum absolute atomic E-state index is 0.0317. The lowest BCUT2D eigenvalue weighted by Gasteiger charge is -2.34. The fraction of sp³-hybridized carbons (Fsp3) is 0.810. The van der Waals surface area contributed by atoms with E-state index in [4.69, 9.17) is 0 Å². The molecule has 0 fully saturated rings. The number of Topliss-reactive ketones (excluding diaryl/α,β-unsaturated/α-hetero) is 2. The summed E-state index contributed by atoms with van der Waals surface area (Å²) in [5.74, 6) is -1.94. The van der Waals surface area contributed by atoms with Gasteiger partial charge in [0.25, 0.3) is 0 Å². The van der Waals surface area contributed by atoms with Gasteiger partial charge in [-0.3, -0.25) is 9.59 Å². The summed E-state index contributed by atoms with van der Waals surface area (Å²) in [6.45, 7) is 11.7. The van der Waals surface area contributed by atoms with Gasteiger partial charge in [0.1, 0.15) is 11.3 Å². The average molecular weight is 369 g/mol. The van der Waals surface area contributed by atoms with Gasteiger partial charge in [0.2, 0.25) is 0 Å². The Morgan fingerprint density at radius 2 is 1.54 bits per heavy atom. The molecule has 3 N–H and O–H groups in total. The molecule has 0 saturated carbocycles. The Balaban J connectivity index is 3.24. The molecule has 0 bridgehead atoms. The standard InChI is InChI=1S/C21H36O5/c1-12(2)7-9-15-19(24)18(16(22)11-14(5)6)20(25)21(15,26)17(23)10-8-13(3)4/h12-15,17,23,25-26H,7-11H2,1-6H3/t15-,17+,21-/m1/s1. The number of rotatable bonds is 10. The van der Waals surface area contributed by atoms with Crippen LogP contribution in [0.15, 0.2) is 11.3 Å². The van der Waals surface area contributed by atoms with Gasteiger partial charge in [-0.1, -0.05) is 48.0 Å². The van der Waals surface area contributed by atoms with Crippen LogP contribution in [0.1, 0.15) is 73.6 Å². The summed E-state index contributed by atoms with van der Waals surface area (Å²) >= 11 is 0. The van der Waals surface area contributed by atoms with Crippen LogP contribution in [-0.4, -0.2) is 38.6 Å². The van der Waals surface area contributed by atoms with Crippen LogP contribution in [0.25, 0.3) is 0 Å². The Hall–Kier alpha value is -1.20. The quantitative estimate of drug-likeness (QED) is 0.512. The second-order valence-electron chi connectivity index (χ2n) is 8.95. The summed E-state index contributed by atoms with van der Waals surface area (Å²) in [6.07, 6.45) is 0.741. The maximum Gasteiger partial charge on any atom is 0.176 e. The van der Waals surface area contributed by atoms with Gasteiger partial charge < -0.3 is 15.3 Å². The van der Waals surface area contributed by atoms with E-state index in [1.165, 1.54) is 0 Å². The summed E-state index contributed by atoms with van der Waals surface area (Å²) in [6, 6.07) is 0. The molecule has 26 heavy (non-hydrogen) atoms. The van der Waals surface area contributed by atoms with Crippen molar-refractivity contribution in [2.24, 2.45) is 23.7 Å². The van der Waals surface area contributed by atoms with Crippen molar-refractivity contribution in [1.29, 1.82) is 0 Å². The molecule has 3 atom stereocenters. The van der Waals surface area contributed by atoms with E-state index < -0.39 is 34.9 Å². The van der Waals surface area contributed by atoms with Gasteiger partial charge in [0.15, 0.2) is 17.2 Å². The van der Waals surface area contributed by atoms with Crippen LogP contribution in [0.3, 0.4) is 0 Å². The minimum Gasteiger partial charge on any atom is -0.508 e. The van der Waals surface area contributed by atoms with Gasteiger partial charge in [-0.2, -0.15) is 0 Å². The molecule has 1 aliphatic carbocycles. The summed E-state index contributed by atoms with van der Waals surface area (Å²) in [7, 11) is 0. The molecule has 0 aliphatic heterocycles. The van der Waals surface area contributed by atoms with E-state index in [0.717, 1.165) is 0 Å². The number of aliphatic hydroxyl groups excluding tert-OH is 2. The number of carbonyl (C=O) groups is 2. The lowest BCUT2D eigenvalue weighted by Crippen LogP contribution is -2.49. The SMILES string of the molecule is CC(C)CC[C@@H]1C(=O)C(C(=O)CC(C)C)=C(O)[C@]1(O)[C@@H](O)CCC(C)C. The van der Waals surface area contributed by atoms with Crippen LogP contribution < -0.4 is 0 Å². The highest BCUT2D eigenvalue weighted by molar-refractivity contribution is 6.23. The Bertz CT molecular complexity index is 547. The zero-order valence-electron chi connectivity index (χ0n) is 17.1. The maximum absolute atomic E-state index is 12.9. The van der Waals surface area contributed by atoms with Crippen molar-refractivity contribution >= 4 is 11.6 Å². The molecule has 0 aromatic carbocycles. The lowest BCUT2D eigenvalue weighted by atomic mass is 9.78. The maximum atomic E-state index is 12.9. The molecule has 0 heterocycles. The molecule has 0 saturated heterocycles. The third-order valence-electron chi connectivity index (χ3n) is 5.14. The van der Waals surface area contributed by atoms with Gasteiger partial charge >= 0.3 is 0 Å². The van der Waals surface area contributed by atoms with E-state index in [1.54, 1.807) is 0 Å². The first kappa shape index (κ1) is 22.8. The highest BCUT2D eigenvalue weighted by Gasteiger charge is 2.58. The van der Waals surface area contributed by atoms with E-state index in [-0.39, 0.29) is 24.3 Å². The van der Waals surface area contributed by atoms with Crippen molar-refractivity contribution in [3.05, 3.63) is 11.3 Å². The van der Waals surface area contributed by atoms with Crippen LogP contribution in [0.4, 0.5) is 0 Å². The summed E-state index contributed by atoms with van der Waals surface area (Å²) in [4.78, 5) is 25.4. The smallest absolute Gasteiger partial charge is 0.176 e. The van der Waals surface area contributed by atoms with Gasteiger partial charge in [0.05, 0.1) is 12.0 Å². The molecule has 1 rings (SSSR count). The van der Waals surface area contributed by atoms with Crippen molar-refractivity contribution < 1.29 is 24.9 Å². The van der Waals surface area contributed by atoms with E-state index in [9.17, 15) is 24.9 Å². The molecule has 0 unspecified atom stereocenters. The third kappa shape index (κ3) is 4.95. The predicted molar refractivity (Wildman–Crippen MR) is 102 cm³/mol. The van der Waals surface area contributed by atoms with E-state index >= 15 is 0 Å². The molecule has 5 nitrogen and oxygen atoms in total. The third-order valence-corrected chi connectivity index (χ3v) is 5.14. The summed E-state index contributed by atoms with van der Waals surface area (Å²) < 4.78 is 0. The molecule has 0 spiro atoms. The van der Waals surface area contributed by atoms with Crippen LogP contribution in [0.2, 0.25) is 0 Å². The zero-order valence-corrected chi connectivity index (χ0v) is 17.1. The van der Waals surface area contributed by atoms with E-state index in [0.29, 0.717) is 31.1 Å². The molecular formula is C21H36O5. The normalized spacial score (nSPS) is 25.0. The second kappa shape index (κ2) is 9.14. The highest BCUT2D eigenvalue weighted by Crippen LogP contribution is 2.44.